The Morgan fingerprint density at radius 1 is 1.24 bits per heavy atom. The molecule has 3 nitrogen and oxygen atoms in total. The summed E-state index contributed by atoms with van der Waals surface area (Å²) < 4.78 is 23.5. The smallest absolute Gasteiger partial charge is 0.152 e. The van der Waals surface area contributed by atoms with Crippen molar-refractivity contribution in [1.29, 1.82) is 0 Å². The molecule has 1 rings (SSSR count). The molecule has 0 amide bonds. The van der Waals surface area contributed by atoms with Gasteiger partial charge in [-0.2, -0.15) is 0 Å². The van der Waals surface area contributed by atoms with Crippen molar-refractivity contribution in [3.05, 3.63) is 35.4 Å². The summed E-state index contributed by atoms with van der Waals surface area (Å²) in [5, 5.41) is 0. The quantitative estimate of drug-likeness (QED) is 0.847. The fourth-order valence-corrected chi connectivity index (χ4v) is 3.27. The predicted octanol–water partition coefficient (Wildman–Crippen LogP) is 2.21. The number of nitrogens with two attached hydrogens (primary N) is 1. The van der Waals surface area contributed by atoms with Crippen molar-refractivity contribution in [1.82, 2.24) is 0 Å². The molecule has 17 heavy (non-hydrogen) atoms. The van der Waals surface area contributed by atoms with E-state index in [1.807, 2.05) is 38.1 Å². The van der Waals surface area contributed by atoms with Crippen LogP contribution in [0, 0.1) is 6.92 Å². The van der Waals surface area contributed by atoms with E-state index in [0.29, 0.717) is 6.42 Å². The maximum atomic E-state index is 11.8. The van der Waals surface area contributed by atoms with E-state index in [2.05, 4.69) is 0 Å². The summed E-state index contributed by atoms with van der Waals surface area (Å²) in [6.45, 7) is 3.97. The third-order valence-corrected chi connectivity index (χ3v) is 4.53. The second-order valence-corrected chi connectivity index (χ2v) is 6.71. The second kappa shape index (κ2) is 6.17. The van der Waals surface area contributed by atoms with Crippen molar-refractivity contribution in [2.45, 2.75) is 32.7 Å². The van der Waals surface area contributed by atoms with Gasteiger partial charge in [-0.3, -0.25) is 0 Å². The van der Waals surface area contributed by atoms with Gasteiger partial charge in [-0.25, -0.2) is 8.42 Å². The fraction of sp³-hybridized carbons (Fsp3) is 0.538. The first-order chi connectivity index (χ1) is 7.94. The molecule has 4 heteroatoms. The van der Waals surface area contributed by atoms with Crippen molar-refractivity contribution < 1.29 is 8.42 Å². The lowest BCUT2D eigenvalue weighted by Gasteiger charge is -2.12. The van der Waals surface area contributed by atoms with Gasteiger partial charge in [0.15, 0.2) is 9.84 Å². The van der Waals surface area contributed by atoms with Crippen LogP contribution in [0.3, 0.4) is 0 Å². The summed E-state index contributed by atoms with van der Waals surface area (Å²) in [6, 6.07) is 7.28. The molecule has 1 aromatic carbocycles. The molecule has 96 valence electrons. The Morgan fingerprint density at radius 3 is 2.35 bits per heavy atom. The molecule has 2 N–H and O–H groups in total. The van der Waals surface area contributed by atoms with Crippen LogP contribution in [0.2, 0.25) is 0 Å². The van der Waals surface area contributed by atoms with Crippen LogP contribution in [0.1, 0.15) is 36.9 Å². The Balaban J connectivity index is 2.65. The van der Waals surface area contributed by atoms with Gasteiger partial charge in [-0.05, 0) is 18.9 Å². The Morgan fingerprint density at radius 2 is 1.82 bits per heavy atom. The summed E-state index contributed by atoms with van der Waals surface area (Å²) in [5.74, 6) is 0.277. The van der Waals surface area contributed by atoms with Gasteiger partial charge in [-0.15, -0.1) is 0 Å². The number of hydrogen-bond acceptors (Lipinski definition) is 3. The largest absolute Gasteiger partial charge is 0.323 e. The van der Waals surface area contributed by atoms with Crippen LogP contribution in [0.4, 0.5) is 0 Å². The van der Waals surface area contributed by atoms with Crippen molar-refractivity contribution >= 4 is 9.84 Å². The predicted molar refractivity (Wildman–Crippen MR) is 71.7 cm³/mol. The average molecular weight is 255 g/mol. The number of benzene rings is 1. The number of hydrogen-bond donors (Lipinski definition) is 1. The highest BCUT2D eigenvalue weighted by Crippen LogP contribution is 2.14. The molecule has 0 heterocycles. The molecule has 0 bridgehead atoms. The van der Waals surface area contributed by atoms with Gasteiger partial charge in [0.1, 0.15) is 0 Å². The first-order valence-electron chi connectivity index (χ1n) is 5.97. The number of unbranched alkanes of at least 4 members (excludes halogenated alkanes) is 1. The van der Waals surface area contributed by atoms with E-state index < -0.39 is 15.9 Å². The lowest BCUT2D eigenvalue weighted by molar-refractivity contribution is 0.585. The molecule has 0 aliphatic carbocycles. The fourth-order valence-electron chi connectivity index (χ4n) is 1.63. The molecule has 1 unspecified atom stereocenters. The molecule has 0 fully saturated rings. The Hall–Kier alpha value is -0.870. The molecular weight excluding hydrogens is 234 g/mol. The summed E-state index contributed by atoms with van der Waals surface area (Å²) in [6.07, 6.45) is 1.60. The molecule has 0 radical (unpaired) electrons. The van der Waals surface area contributed by atoms with E-state index >= 15 is 0 Å². The van der Waals surface area contributed by atoms with E-state index in [1.54, 1.807) is 0 Å². The van der Waals surface area contributed by atoms with Crippen LogP contribution in [0.15, 0.2) is 24.3 Å². The third kappa shape index (κ3) is 4.88. The molecular formula is C13H21NO2S. The zero-order valence-corrected chi connectivity index (χ0v) is 11.3. The average Bonchev–Trinajstić information content (AvgIpc) is 2.26. The van der Waals surface area contributed by atoms with Crippen molar-refractivity contribution in [2.75, 3.05) is 11.5 Å². The topological polar surface area (TPSA) is 60.2 Å². The second-order valence-electron chi connectivity index (χ2n) is 4.49. The summed E-state index contributed by atoms with van der Waals surface area (Å²) in [4.78, 5) is 0. The van der Waals surface area contributed by atoms with Gasteiger partial charge in [0.05, 0.1) is 11.5 Å². The van der Waals surface area contributed by atoms with Crippen LogP contribution < -0.4 is 5.73 Å². The Bertz CT molecular complexity index is 437. The highest BCUT2D eigenvalue weighted by molar-refractivity contribution is 7.91. The summed E-state index contributed by atoms with van der Waals surface area (Å²) in [5.41, 5.74) is 7.96. The minimum absolute atomic E-state index is 0.0378. The first-order valence-corrected chi connectivity index (χ1v) is 7.79. The molecule has 0 aromatic heterocycles. The summed E-state index contributed by atoms with van der Waals surface area (Å²) >= 11 is 0. The van der Waals surface area contributed by atoms with E-state index in [9.17, 15) is 8.42 Å². The van der Waals surface area contributed by atoms with E-state index in [1.165, 1.54) is 0 Å². The lowest BCUT2D eigenvalue weighted by atomic mass is 10.1. The Labute approximate surface area is 104 Å². The normalized spacial score (nSPS) is 13.6. The van der Waals surface area contributed by atoms with Crippen LogP contribution in [-0.2, 0) is 9.84 Å². The number of aryl methyl sites for hydroxylation is 1. The number of sulfone groups is 1. The van der Waals surface area contributed by atoms with Gasteiger partial charge in [-0.1, -0.05) is 43.2 Å². The molecule has 0 spiro atoms. The zero-order chi connectivity index (χ0) is 12.9. The van der Waals surface area contributed by atoms with Crippen LogP contribution in [0.5, 0.6) is 0 Å². The molecule has 1 aromatic rings. The molecule has 0 saturated carbocycles. The Kier molecular flexibility index (Phi) is 5.15. The highest BCUT2D eigenvalue weighted by Gasteiger charge is 2.16. The monoisotopic (exact) mass is 255 g/mol. The van der Waals surface area contributed by atoms with E-state index in [-0.39, 0.29) is 11.5 Å². The maximum absolute atomic E-state index is 11.8. The van der Waals surface area contributed by atoms with Crippen LogP contribution >= 0.6 is 0 Å². The molecule has 0 aliphatic heterocycles. The molecule has 1 atom stereocenters. The standard InChI is InChI=1S/C13H21NO2S/c1-3-4-9-17(15,16)10-13(14)12-7-5-11(2)6-8-12/h5-8,13H,3-4,9-10,14H2,1-2H3. The third-order valence-electron chi connectivity index (χ3n) is 2.75. The van der Waals surface area contributed by atoms with E-state index in [0.717, 1.165) is 17.5 Å². The van der Waals surface area contributed by atoms with Gasteiger partial charge < -0.3 is 5.73 Å². The van der Waals surface area contributed by atoms with E-state index in [4.69, 9.17) is 5.73 Å². The molecule has 0 aliphatic rings. The first kappa shape index (κ1) is 14.2. The SMILES string of the molecule is CCCCS(=O)(=O)CC(N)c1ccc(C)cc1. The van der Waals surface area contributed by atoms with Gasteiger partial charge in [0.2, 0.25) is 0 Å². The minimum Gasteiger partial charge on any atom is -0.323 e. The van der Waals surface area contributed by atoms with Crippen molar-refractivity contribution in [2.24, 2.45) is 5.73 Å². The highest BCUT2D eigenvalue weighted by atomic mass is 32.2. The van der Waals surface area contributed by atoms with Crippen molar-refractivity contribution in [3.8, 4) is 0 Å². The zero-order valence-electron chi connectivity index (χ0n) is 10.5. The summed E-state index contributed by atoms with van der Waals surface area (Å²) in [7, 11) is -3.03. The number of rotatable bonds is 6. The van der Waals surface area contributed by atoms with Crippen molar-refractivity contribution in [3.63, 3.8) is 0 Å². The minimum atomic E-state index is -3.03. The van der Waals surface area contributed by atoms with Gasteiger partial charge >= 0.3 is 0 Å². The van der Waals surface area contributed by atoms with Crippen LogP contribution in [-0.4, -0.2) is 19.9 Å². The molecule has 0 saturated heterocycles. The lowest BCUT2D eigenvalue weighted by Crippen LogP contribution is -2.23. The maximum Gasteiger partial charge on any atom is 0.152 e. The van der Waals surface area contributed by atoms with Gasteiger partial charge in [0.25, 0.3) is 0 Å². The van der Waals surface area contributed by atoms with Gasteiger partial charge in [0, 0.05) is 6.04 Å². The van der Waals surface area contributed by atoms with Crippen LogP contribution in [0.25, 0.3) is 0 Å².